The second-order valence-electron chi connectivity index (χ2n) is 6.44. The number of unbranched alkanes of at least 4 members (excludes halogenated alkanes) is 9. The van der Waals surface area contributed by atoms with Gasteiger partial charge in [0.2, 0.25) is 0 Å². The Bertz CT molecular complexity index is 477. The van der Waals surface area contributed by atoms with Crippen molar-refractivity contribution in [1.82, 2.24) is 0 Å². The average Bonchev–Trinajstić information content (AvgIpc) is 2.60. The van der Waals surface area contributed by atoms with Crippen LogP contribution in [0.3, 0.4) is 0 Å². The van der Waals surface area contributed by atoms with Crippen LogP contribution in [-0.4, -0.2) is 12.6 Å². The summed E-state index contributed by atoms with van der Waals surface area (Å²) in [6.07, 6.45) is 16.1. The number of hydrogen-bond donors (Lipinski definition) is 0. The first kappa shape index (κ1) is 23.6. The summed E-state index contributed by atoms with van der Waals surface area (Å²) in [4.78, 5) is 10.8. The van der Waals surface area contributed by atoms with Crippen LogP contribution in [-0.2, 0) is 16.1 Å². The molecule has 1 rings (SSSR count). The molecule has 0 radical (unpaired) electrons. The van der Waals surface area contributed by atoms with Gasteiger partial charge >= 0.3 is 5.97 Å². The van der Waals surface area contributed by atoms with Crippen LogP contribution >= 0.6 is 0 Å². The molecule has 0 unspecified atom stereocenters. The van der Waals surface area contributed by atoms with Crippen LogP contribution in [0.4, 0.5) is 0 Å². The van der Waals surface area contributed by atoms with Gasteiger partial charge in [-0.2, -0.15) is 0 Å². The summed E-state index contributed by atoms with van der Waals surface area (Å²) in [5.41, 5.74) is 1.34. The Morgan fingerprint density at radius 2 is 1.56 bits per heavy atom. The summed E-state index contributed by atoms with van der Waals surface area (Å²) < 4.78 is 7.29. The Kier molecular flexibility index (Phi) is 15.3. The molecular formula is C21H34ClNO2. The van der Waals surface area contributed by atoms with E-state index in [0.717, 1.165) is 19.4 Å². The molecule has 0 atom stereocenters. The van der Waals surface area contributed by atoms with E-state index in [4.69, 9.17) is 4.74 Å². The molecule has 0 bridgehead atoms. The minimum atomic E-state index is -0.309. The number of rotatable bonds is 14. The lowest BCUT2D eigenvalue weighted by molar-refractivity contribution is -0.703. The van der Waals surface area contributed by atoms with E-state index in [-0.39, 0.29) is 18.4 Å². The molecule has 4 heteroatoms. The number of aromatic nitrogens is 1. The average molecular weight is 368 g/mol. The highest BCUT2D eigenvalue weighted by molar-refractivity contribution is 5.81. The van der Waals surface area contributed by atoms with Gasteiger partial charge in [0.05, 0.1) is 6.61 Å². The fourth-order valence-corrected chi connectivity index (χ4v) is 2.84. The van der Waals surface area contributed by atoms with E-state index in [9.17, 15) is 4.79 Å². The molecule has 0 spiro atoms. The van der Waals surface area contributed by atoms with Gasteiger partial charge in [-0.25, -0.2) is 9.36 Å². The third-order valence-electron chi connectivity index (χ3n) is 4.37. The summed E-state index contributed by atoms with van der Waals surface area (Å²) in [7, 11) is 0. The zero-order valence-electron chi connectivity index (χ0n) is 15.7. The molecule has 0 aliphatic heterocycles. The molecule has 0 aliphatic carbocycles. The molecule has 0 amide bonds. The fourth-order valence-electron chi connectivity index (χ4n) is 2.84. The maximum absolute atomic E-state index is 10.8. The second-order valence-corrected chi connectivity index (χ2v) is 6.44. The van der Waals surface area contributed by atoms with Gasteiger partial charge in [0.1, 0.15) is 6.54 Å². The van der Waals surface area contributed by atoms with Gasteiger partial charge in [0.15, 0.2) is 11.9 Å². The van der Waals surface area contributed by atoms with E-state index in [1.807, 2.05) is 0 Å². The third kappa shape index (κ3) is 12.6. The minimum Gasteiger partial charge on any atom is -1.00 e. The minimum absolute atomic E-state index is 0. The van der Waals surface area contributed by atoms with Crippen molar-refractivity contribution in [2.24, 2.45) is 0 Å². The monoisotopic (exact) mass is 367 g/mol. The number of esters is 1. The van der Waals surface area contributed by atoms with Crippen LogP contribution in [0.25, 0.3) is 0 Å². The topological polar surface area (TPSA) is 30.2 Å². The zero-order chi connectivity index (χ0) is 17.5. The highest BCUT2D eigenvalue weighted by Gasteiger charge is 2.03. The molecule has 0 saturated carbocycles. The number of carbonyl (C=O) groups is 1. The van der Waals surface area contributed by atoms with E-state index in [2.05, 4.69) is 42.5 Å². The van der Waals surface area contributed by atoms with Crippen LogP contribution in [0.15, 0.2) is 37.1 Å². The normalized spacial score (nSPS) is 10.1. The van der Waals surface area contributed by atoms with Gasteiger partial charge in [-0.15, -0.1) is 0 Å². The lowest BCUT2D eigenvalue weighted by Gasteiger charge is -2.03. The summed E-state index contributed by atoms with van der Waals surface area (Å²) in [6, 6.07) is 6.37. The van der Waals surface area contributed by atoms with Gasteiger partial charge < -0.3 is 17.1 Å². The van der Waals surface area contributed by atoms with Gasteiger partial charge in [-0.3, -0.25) is 0 Å². The molecule has 1 aromatic heterocycles. The number of ether oxygens (including phenoxy) is 1. The predicted molar refractivity (Wildman–Crippen MR) is 98.7 cm³/mol. The van der Waals surface area contributed by atoms with Gasteiger partial charge in [-0.05, 0) is 12.8 Å². The molecule has 25 heavy (non-hydrogen) atoms. The Balaban J connectivity index is 0.00000576. The van der Waals surface area contributed by atoms with Gasteiger partial charge in [-0.1, -0.05) is 57.6 Å². The van der Waals surface area contributed by atoms with Crippen LogP contribution in [0.1, 0.15) is 69.9 Å². The van der Waals surface area contributed by atoms with Gasteiger partial charge in [0.25, 0.3) is 0 Å². The zero-order valence-corrected chi connectivity index (χ0v) is 16.5. The van der Waals surface area contributed by atoms with Crippen LogP contribution in [0.2, 0.25) is 0 Å². The SMILES string of the molecule is C=CC(=O)OCCCCCCCCCCCC[n+]1ccccc1C.[Cl-]. The molecule has 1 aromatic rings. The highest BCUT2D eigenvalue weighted by atomic mass is 35.5. The summed E-state index contributed by atoms with van der Waals surface area (Å²) >= 11 is 0. The molecule has 0 fully saturated rings. The van der Waals surface area contributed by atoms with Crippen molar-refractivity contribution in [3.05, 3.63) is 42.7 Å². The molecule has 0 saturated heterocycles. The van der Waals surface area contributed by atoms with Crippen molar-refractivity contribution in [2.75, 3.05) is 6.61 Å². The highest BCUT2D eigenvalue weighted by Crippen LogP contribution is 2.10. The Morgan fingerprint density at radius 3 is 2.12 bits per heavy atom. The van der Waals surface area contributed by atoms with Crippen LogP contribution in [0, 0.1) is 6.92 Å². The molecule has 1 heterocycles. The van der Waals surface area contributed by atoms with E-state index >= 15 is 0 Å². The first-order chi connectivity index (χ1) is 11.7. The molecular weight excluding hydrogens is 334 g/mol. The van der Waals surface area contributed by atoms with E-state index < -0.39 is 0 Å². The smallest absolute Gasteiger partial charge is 0.330 e. The van der Waals surface area contributed by atoms with E-state index in [0.29, 0.717) is 6.61 Å². The summed E-state index contributed by atoms with van der Waals surface area (Å²) in [5, 5.41) is 0. The van der Waals surface area contributed by atoms with E-state index in [1.54, 1.807) is 0 Å². The molecule has 0 aliphatic rings. The first-order valence-electron chi connectivity index (χ1n) is 9.48. The number of pyridine rings is 1. The fraction of sp³-hybridized carbons (Fsp3) is 0.619. The predicted octanol–water partition coefficient (Wildman–Crippen LogP) is 1.92. The Labute approximate surface area is 159 Å². The quantitative estimate of drug-likeness (QED) is 0.218. The number of aryl methyl sites for hydroxylation is 2. The number of halogens is 1. The van der Waals surface area contributed by atoms with Crippen molar-refractivity contribution in [2.45, 2.75) is 77.7 Å². The molecule has 142 valence electrons. The lowest BCUT2D eigenvalue weighted by Crippen LogP contribution is -3.00. The van der Waals surface area contributed by atoms with Crippen molar-refractivity contribution in [3.63, 3.8) is 0 Å². The second kappa shape index (κ2) is 16.1. The van der Waals surface area contributed by atoms with Crippen molar-refractivity contribution in [3.8, 4) is 0 Å². The Morgan fingerprint density at radius 1 is 1.00 bits per heavy atom. The third-order valence-corrected chi connectivity index (χ3v) is 4.37. The van der Waals surface area contributed by atoms with Crippen molar-refractivity contribution < 1.29 is 26.5 Å². The van der Waals surface area contributed by atoms with Crippen molar-refractivity contribution >= 4 is 5.97 Å². The molecule has 0 aromatic carbocycles. The van der Waals surface area contributed by atoms with Gasteiger partial charge in [0, 0.05) is 31.6 Å². The number of nitrogens with zero attached hydrogens (tertiary/aromatic N) is 1. The first-order valence-corrected chi connectivity index (χ1v) is 9.48. The summed E-state index contributed by atoms with van der Waals surface area (Å²) in [5.74, 6) is -0.309. The Hall–Kier alpha value is -1.35. The lowest BCUT2D eigenvalue weighted by atomic mass is 10.1. The standard InChI is InChI=1S/C21H34NO2.ClH/c1-3-21(23)24-19-15-11-9-7-5-4-6-8-10-13-17-22-18-14-12-16-20(22)2;/h3,12,14,16,18H,1,4-11,13,15,17,19H2,2H3;1H/q+1;/p-1. The number of carbonyl (C=O) groups excluding carboxylic acids is 1. The molecule has 3 nitrogen and oxygen atoms in total. The van der Waals surface area contributed by atoms with E-state index in [1.165, 1.54) is 63.1 Å². The van der Waals surface area contributed by atoms with Crippen LogP contribution < -0.4 is 17.0 Å². The van der Waals surface area contributed by atoms with Crippen molar-refractivity contribution in [1.29, 1.82) is 0 Å². The molecule has 0 N–H and O–H groups in total. The number of hydrogen-bond acceptors (Lipinski definition) is 2. The maximum Gasteiger partial charge on any atom is 0.330 e. The summed E-state index contributed by atoms with van der Waals surface area (Å²) in [6.45, 7) is 7.22. The largest absolute Gasteiger partial charge is 1.00 e. The maximum atomic E-state index is 10.8. The van der Waals surface area contributed by atoms with Crippen LogP contribution in [0.5, 0.6) is 0 Å².